The molecule has 8 heteroatoms. The Morgan fingerprint density at radius 1 is 1.15 bits per heavy atom. The molecule has 2 aromatic carbocycles. The second-order valence-electron chi connectivity index (χ2n) is 5.81. The molecule has 26 heavy (non-hydrogen) atoms. The van der Waals surface area contributed by atoms with Gasteiger partial charge in [0, 0.05) is 25.8 Å². The fourth-order valence-electron chi connectivity index (χ4n) is 2.88. The number of nitro benzene ring substituents is 1. The van der Waals surface area contributed by atoms with Crippen molar-refractivity contribution >= 4 is 11.6 Å². The number of rotatable bonds is 7. The molecule has 2 atom stereocenters. The number of carbonyl (C=O) groups is 1. The van der Waals surface area contributed by atoms with Crippen LogP contribution in [0.25, 0.3) is 0 Å². The third-order valence-electron chi connectivity index (χ3n) is 4.21. The van der Waals surface area contributed by atoms with Crippen molar-refractivity contribution in [1.82, 2.24) is 4.90 Å². The van der Waals surface area contributed by atoms with E-state index in [0.29, 0.717) is 18.9 Å². The van der Waals surface area contributed by atoms with Crippen LogP contribution >= 0.6 is 0 Å². The van der Waals surface area contributed by atoms with Gasteiger partial charge in [0.2, 0.25) is 6.10 Å². The Balaban J connectivity index is 1.83. The van der Waals surface area contributed by atoms with E-state index in [1.54, 1.807) is 17.0 Å². The zero-order valence-corrected chi connectivity index (χ0v) is 14.0. The maximum absolute atomic E-state index is 13.0. The van der Waals surface area contributed by atoms with Crippen molar-refractivity contribution in [3.8, 4) is 5.75 Å². The first-order valence-electron chi connectivity index (χ1n) is 7.97. The number of methoxy groups -OCH3 is 1. The van der Waals surface area contributed by atoms with Crippen LogP contribution in [0.2, 0.25) is 0 Å². The lowest BCUT2D eigenvalue weighted by Gasteiger charge is -2.46. The molecule has 1 saturated heterocycles. The summed E-state index contributed by atoms with van der Waals surface area (Å²) in [5, 5.41) is 10.8. The summed E-state index contributed by atoms with van der Waals surface area (Å²) in [7, 11) is 1.54. The van der Waals surface area contributed by atoms with Crippen LogP contribution in [0.4, 0.5) is 10.1 Å². The Bertz CT molecular complexity index is 794. The molecule has 0 N–H and O–H groups in total. The predicted molar refractivity (Wildman–Crippen MR) is 90.2 cm³/mol. The largest absolute Gasteiger partial charge is 0.478 e. The zero-order valence-electron chi connectivity index (χ0n) is 14.0. The predicted octanol–water partition coefficient (Wildman–Crippen LogP) is 2.71. The van der Waals surface area contributed by atoms with E-state index >= 15 is 0 Å². The van der Waals surface area contributed by atoms with E-state index in [1.807, 2.05) is 0 Å². The Hall–Kier alpha value is -3.00. The Morgan fingerprint density at radius 2 is 1.81 bits per heavy atom. The fraction of sp³-hybridized carbons (Fsp3) is 0.278. The van der Waals surface area contributed by atoms with E-state index in [4.69, 9.17) is 9.47 Å². The number of hydrogen-bond acceptors (Lipinski definition) is 5. The number of likely N-dealkylation sites (tertiary alicyclic amines) is 1. The van der Waals surface area contributed by atoms with Crippen LogP contribution in [-0.2, 0) is 9.53 Å². The number of amides is 1. The summed E-state index contributed by atoms with van der Waals surface area (Å²) in [5.41, 5.74) is 0.692. The topological polar surface area (TPSA) is 81.9 Å². The van der Waals surface area contributed by atoms with Gasteiger partial charge in [0.25, 0.3) is 11.6 Å². The second kappa shape index (κ2) is 7.49. The van der Waals surface area contributed by atoms with Gasteiger partial charge in [-0.3, -0.25) is 14.9 Å². The number of non-ortho nitro benzene ring substituents is 1. The Labute approximate surface area is 149 Å². The SMILES string of the molecule is COCCN1C(=O)[C@H](Oc2ccc(F)cc2)[C@@H]1c1ccc([N+](=O)[O-])cc1. The maximum atomic E-state index is 13.0. The standard InChI is InChI=1S/C18H17FN2O5/c1-25-11-10-20-16(12-2-6-14(7-3-12)21(23)24)17(18(20)22)26-15-8-4-13(19)5-9-15/h2-9,16-17H,10-11H2,1H3/t16-,17+/m0/s1. The van der Waals surface area contributed by atoms with Crippen LogP contribution in [0, 0.1) is 15.9 Å². The molecule has 7 nitrogen and oxygen atoms in total. The lowest BCUT2D eigenvalue weighted by Crippen LogP contribution is -2.61. The molecule has 1 amide bonds. The molecule has 136 valence electrons. The van der Waals surface area contributed by atoms with Gasteiger partial charge in [-0.2, -0.15) is 0 Å². The molecule has 0 saturated carbocycles. The average Bonchev–Trinajstić information content (AvgIpc) is 2.65. The minimum absolute atomic E-state index is 0.0288. The average molecular weight is 360 g/mol. The van der Waals surface area contributed by atoms with E-state index in [9.17, 15) is 19.3 Å². The number of nitro groups is 1. The summed E-state index contributed by atoms with van der Waals surface area (Å²) in [4.78, 5) is 24.4. The summed E-state index contributed by atoms with van der Waals surface area (Å²) in [6.07, 6.45) is -0.779. The lowest BCUT2D eigenvalue weighted by atomic mass is 9.90. The molecule has 0 aromatic heterocycles. The smallest absolute Gasteiger partial charge is 0.269 e. The molecule has 0 spiro atoms. The summed E-state index contributed by atoms with van der Waals surface area (Å²) >= 11 is 0. The number of nitrogens with zero attached hydrogens (tertiary/aromatic N) is 2. The zero-order chi connectivity index (χ0) is 18.7. The molecule has 1 heterocycles. The first-order valence-corrected chi connectivity index (χ1v) is 7.97. The van der Waals surface area contributed by atoms with Crippen molar-refractivity contribution in [2.45, 2.75) is 12.1 Å². The summed E-state index contributed by atoms with van der Waals surface area (Å²) in [6.45, 7) is 0.735. The molecule has 0 unspecified atom stereocenters. The third kappa shape index (κ3) is 3.50. The van der Waals surface area contributed by atoms with E-state index in [2.05, 4.69) is 0 Å². The molecule has 0 bridgehead atoms. The monoisotopic (exact) mass is 360 g/mol. The van der Waals surface area contributed by atoms with Gasteiger partial charge < -0.3 is 14.4 Å². The Morgan fingerprint density at radius 3 is 2.38 bits per heavy atom. The highest BCUT2D eigenvalue weighted by Gasteiger charge is 2.49. The van der Waals surface area contributed by atoms with Crippen LogP contribution in [0.1, 0.15) is 11.6 Å². The van der Waals surface area contributed by atoms with Crippen LogP contribution in [0.5, 0.6) is 5.75 Å². The molecule has 0 radical (unpaired) electrons. The third-order valence-corrected chi connectivity index (χ3v) is 4.21. The van der Waals surface area contributed by atoms with Crippen molar-refractivity contribution in [2.24, 2.45) is 0 Å². The number of halogens is 1. The quantitative estimate of drug-likeness (QED) is 0.431. The van der Waals surface area contributed by atoms with Crippen molar-refractivity contribution in [3.05, 3.63) is 70.0 Å². The first-order chi connectivity index (χ1) is 12.5. The van der Waals surface area contributed by atoms with E-state index in [0.717, 1.165) is 5.56 Å². The molecule has 0 aliphatic carbocycles. The van der Waals surface area contributed by atoms with Gasteiger partial charge >= 0.3 is 0 Å². The number of β-lactam (4-membered cyclic amide) rings is 1. The number of ether oxygens (including phenoxy) is 2. The number of carbonyl (C=O) groups excluding carboxylic acids is 1. The van der Waals surface area contributed by atoms with E-state index in [1.165, 1.54) is 43.5 Å². The van der Waals surface area contributed by atoms with Gasteiger partial charge in [0.05, 0.1) is 11.5 Å². The van der Waals surface area contributed by atoms with Gasteiger partial charge in [-0.1, -0.05) is 0 Å². The van der Waals surface area contributed by atoms with Crippen molar-refractivity contribution in [2.75, 3.05) is 20.3 Å². The van der Waals surface area contributed by atoms with Crippen LogP contribution in [0.15, 0.2) is 48.5 Å². The van der Waals surface area contributed by atoms with Crippen LogP contribution in [0.3, 0.4) is 0 Å². The summed E-state index contributed by atoms with van der Waals surface area (Å²) in [6, 6.07) is 11.0. The Kier molecular flexibility index (Phi) is 5.13. The highest BCUT2D eigenvalue weighted by Crippen LogP contribution is 2.38. The van der Waals surface area contributed by atoms with Gasteiger partial charge in [-0.15, -0.1) is 0 Å². The minimum atomic E-state index is -0.779. The van der Waals surface area contributed by atoms with Gasteiger partial charge in [-0.05, 0) is 42.0 Å². The molecular weight excluding hydrogens is 343 g/mol. The van der Waals surface area contributed by atoms with Crippen molar-refractivity contribution < 1.29 is 23.6 Å². The maximum Gasteiger partial charge on any atom is 0.269 e. The lowest BCUT2D eigenvalue weighted by molar-refractivity contribution is -0.384. The highest BCUT2D eigenvalue weighted by atomic mass is 19.1. The fourth-order valence-corrected chi connectivity index (χ4v) is 2.88. The normalized spacial score (nSPS) is 19.2. The molecular formula is C18H17FN2O5. The van der Waals surface area contributed by atoms with Gasteiger partial charge in [0.15, 0.2) is 0 Å². The number of hydrogen-bond donors (Lipinski definition) is 0. The molecule has 1 aliphatic rings. The molecule has 2 aromatic rings. The van der Waals surface area contributed by atoms with Crippen LogP contribution < -0.4 is 4.74 Å². The van der Waals surface area contributed by atoms with E-state index < -0.39 is 22.9 Å². The first kappa shape index (κ1) is 17.8. The molecule has 1 fully saturated rings. The van der Waals surface area contributed by atoms with Crippen LogP contribution in [-0.4, -0.2) is 42.1 Å². The minimum Gasteiger partial charge on any atom is -0.478 e. The summed E-state index contributed by atoms with van der Waals surface area (Å²) < 4.78 is 23.8. The van der Waals surface area contributed by atoms with Gasteiger partial charge in [0.1, 0.15) is 17.6 Å². The van der Waals surface area contributed by atoms with Crippen molar-refractivity contribution in [3.63, 3.8) is 0 Å². The molecule has 1 aliphatic heterocycles. The van der Waals surface area contributed by atoms with Crippen molar-refractivity contribution in [1.29, 1.82) is 0 Å². The highest BCUT2D eigenvalue weighted by molar-refractivity contribution is 5.89. The van der Waals surface area contributed by atoms with E-state index in [-0.39, 0.29) is 11.6 Å². The summed E-state index contributed by atoms with van der Waals surface area (Å²) in [5.74, 6) is -0.233. The number of benzene rings is 2. The molecule has 3 rings (SSSR count). The second-order valence-corrected chi connectivity index (χ2v) is 5.81. The van der Waals surface area contributed by atoms with Gasteiger partial charge in [-0.25, -0.2) is 4.39 Å².